The number of amides is 3. The van der Waals surface area contributed by atoms with Gasteiger partial charge in [-0.1, -0.05) is 13.0 Å². The fourth-order valence-corrected chi connectivity index (χ4v) is 5.07. The van der Waals surface area contributed by atoms with Crippen LogP contribution in [0.15, 0.2) is 36.4 Å². The number of nitrogens with zero attached hydrogens (tertiary/aromatic N) is 1. The van der Waals surface area contributed by atoms with Gasteiger partial charge in [-0.3, -0.25) is 0 Å². The van der Waals surface area contributed by atoms with Gasteiger partial charge in [0.15, 0.2) is 0 Å². The van der Waals surface area contributed by atoms with Crippen LogP contribution in [0.5, 0.6) is 0 Å². The van der Waals surface area contributed by atoms with Crippen molar-refractivity contribution in [1.29, 1.82) is 0 Å². The predicted molar refractivity (Wildman–Crippen MR) is 133 cm³/mol. The Labute approximate surface area is 230 Å². The molecule has 1 saturated heterocycles. The molecule has 224 valence electrons. The van der Waals surface area contributed by atoms with Crippen molar-refractivity contribution >= 4 is 18.4 Å². The van der Waals surface area contributed by atoms with Crippen molar-refractivity contribution in [1.82, 2.24) is 15.5 Å². The van der Waals surface area contributed by atoms with Gasteiger partial charge in [0.25, 0.3) is 0 Å². The third kappa shape index (κ3) is 7.67. The van der Waals surface area contributed by atoms with Crippen LogP contribution in [-0.2, 0) is 17.1 Å². The Balaban J connectivity index is 1.88. The number of halogens is 7. The predicted octanol–water partition coefficient (Wildman–Crippen LogP) is 6.42. The van der Waals surface area contributed by atoms with Crippen molar-refractivity contribution < 1.29 is 50.2 Å². The summed E-state index contributed by atoms with van der Waals surface area (Å²) in [4.78, 5) is 37.5. The lowest BCUT2D eigenvalue weighted by Crippen LogP contribution is -2.58. The molecule has 7 nitrogen and oxygen atoms in total. The quantitative estimate of drug-likeness (QED) is 0.256. The first-order valence-electron chi connectivity index (χ1n) is 12.5. The van der Waals surface area contributed by atoms with Crippen molar-refractivity contribution in [2.45, 2.75) is 63.0 Å². The molecule has 0 bridgehead atoms. The Morgan fingerprint density at radius 1 is 1.10 bits per heavy atom. The lowest BCUT2D eigenvalue weighted by atomic mass is 9.78. The van der Waals surface area contributed by atoms with E-state index in [0.717, 1.165) is 6.07 Å². The van der Waals surface area contributed by atoms with E-state index < -0.39 is 58.9 Å². The van der Waals surface area contributed by atoms with Crippen LogP contribution in [0.25, 0.3) is 0 Å². The minimum Gasteiger partial charge on any atom is -0.465 e. The first-order valence-corrected chi connectivity index (χ1v) is 12.5. The Morgan fingerprint density at radius 3 is 2.22 bits per heavy atom. The number of alkyl halides is 6. The van der Waals surface area contributed by atoms with Gasteiger partial charge in [-0.15, -0.1) is 0 Å². The highest BCUT2D eigenvalue weighted by molar-refractivity contribution is 5.75. The third-order valence-electron chi connectivity index (χ3n) is 7.23. The first-order chi connectivity index (χ1) is 19.0. The molecule has 0 aromatic heterocycles. The van der Waals surface area contributed by atoms with Gasteiger partial charge < -0.3 is 25.4 Å². The van der Waals surface area contributed by atoms with Gasteiger partial charge in [-0.05, 0) is 72.7 Å². The molecule has 1 aliphatic heterocycles. The number of hydrogen-bond acceptors (Lipinski definition) is 3. The molecule has 0 saturated carbocycles. The van der Waals surface area contributed by atoms with Gasteiger partial charge in [0.05, 0.1) is 22.7 Å². The van der Waals surface area contributed by atoms with Crippen LogP contribution in [0.1, 0.15) is 66.0 Å². The summed E-state index contributed by atoms with van der Waals surface area (Å²) >= 11 is 0. The maximum absolute atomic E-state index is 13.8. The Kier molecular flexibility index (Phi) is 9.24. The second-order valence-corrected chi connectivity index (χ2v) is 10.2. The number of benzene rings is 2. The molecule has 3 rings (SSSR count). The maximum Gasteiger partial charge on any atom is 0.416 e. The van der Waals surface area contributed by atoms with Crippen LogP contribution in [-0.4, -0.2) is 47.0 Å². The summed E-state index contributed by atoms with van der Waals surface area (Å²) in [5.41, 5.74) is -3.53. The number of carbonyl (C=O) groups excluding carboxylic acids is 2. The van der Waals surface area contributed by atoms with Crippen molar-refractivity contribution in [2.75, 3.05) is 13.1 Å². The summed E-state index contributed by atoms with van der Waals surface area (Å²) in [6, 6.07) is 3.48. The summed E-state index contributed by atoms with van der Waals surface area (Å²) < 4.78 is 93.5. The Bertz CT molecular complexity index is 1270. The fraction of sp³-hybridized carbons (Fsp3) is 0.444. The maximum atomic E-state index is 13.8. The number of piperidine rings is 1. The molecular formula is C27H28F7N3O4. The average Bonchev–Trinajstić information content (AvgIpc) is 2.85. The van der Waals surface area contributed by atoms with Crippen molar-refractivity contribution in [3.63, 3.8) is 0 Å². The van der Waals surface area contributed by atoms with E-state index in [1.807, 2.05) is 0 Å². The van der Waals surface area contributed by atoms with Crippen molar-refractivity contribution in [3.8, 4) is 0 Å². The number of likely N-dealkylation sites (tertiary alicyclic amines) is 1. The van der Waals surface area contributed by atoms with Gasteiger partial charge in [0, 0.05) is 19.5 Å². The van der Waals surface area contributed by atoms with Crippen LogP contribution in [0.3, 0.4) is 0 Å². The number of aryl methyl sites for hydroxylation is 1. The van der Waals surface area contributed by atoms with Crippen LogP contribution >= 0.6 is 0 Å². The average molecular weight is 592 g/mol. The number of rotatable bonds is 7. The lowest BCUT2D eigenvalue weighted by molar-refractivity contribution is -0.143. The van der Waals surface area contributed by atoms with E-state index in [9.17, 15) is 50.2 Å². The molecule has 1 fully saturated rings. The van der Waals surface area contributed by atoms with Crippen LogP contribution in [0, 0.1) is 12.7 Å². The molecule has 3 amide bonds. The lowest BCUT2D eigenvalue weighted by Gasteiger charge is -2.46. The van der Waals surface area contributed by atoms with E-state index in [-0.39, 0.29) is 44.0 Å². The third-order valence-corrected chi connectivity index (χ3v) is 7.23. The molecule has 0 aliphatic carbocycles. The van der Waals surface area contributed by atoms with Crippen LogP contribution in [0.2, 0.25) is 0 Å². The van der Waals surface area contributed by atoms with Crippen LogP contribution < -0.4 is 10.6 Å². The summed E-state index contributed by atoms with van der Waals surface area (Å²) in [5, 5.41) is 14.3. The minimum atomic E-state index is -5.02. The largest absolute Gasteiger partial charge is 0.465 e. The minimum absolute atomic E-state index is 0.0227. The highest BCUT2D eigenvalue weighted by Crippen LogP contribution is 2.40. The van der Waals surface area contributed by atoms with Gasteiger partial charge >= 0.3 is 24.5 Å². The van der Waals surface area contributed by atoms with E-state index in [2.05, 4.69) is 10.6 Å². The number of hydrogen-bond donors (Lipinski definition) is 3. The molecule has 1 heterocycles. The highest BCUT2D eigenvalue weighted by Gasteiger charge is 2.44. The van der Waals surface area contributed by atoms with E-state index in [1.165, 1.54) is 24.0 Å². The standard InChI is InChI=1S/C27H28F7N3O4/c1-15-9-20(28)3-4-21(15)22-13-25(6-8-38,36-24(40)41)5-7-37(22)23(39)35-14-16(2)17-10-18(26(29,30)31)12-19(11-17)27(32,33)34/h3-4,8-12,16,22,36H,5-7,13-14H2,1-2H3,(H,35,39)(H,40,41)/t16-,22-,25-/m1/s1. The summed E-state index contributed by atoms with van der Waals surface area (Å²) in [7, 11) is 0. The van der Waals surface area contributed by atoms with Gasteiger partial charge in [-0.25, -0.2) is 14.0 Å². The van der Waals surface area contributed by atoms with Gasteiger partial charge in [0.1, 0.15) is 12.1 Å². The molecular weight excluding hydrogens is 563 g/mol. The van der Waals surface area contributed by atoms with E-state index in [1.54, 1.807) is 6.92 Å². The van der Waals surface area contributed by atoms with E-state index >= 15 is 0 Å². The number of urea groups is 1. The molecule has 2 aromatic carbocycles. The molecule has 3 atom stereocenters. The Morgan fingerprint density at radius 2 is 1.71 bits per heavy atom. The van der Waals surface area contributed by atoms with Gasteiger partial charge in [-0.2, -0.15) is 26.3 Å². The van der Waals surface area contributed by atoms with Crippen LogP contribution in [0.4, 0.5) is 40.3 Å². The zero-order chi connectivity index (χ0) is 30.8. The molecule has 1 aliphatic rings. The second-order valence-electron chi connectivity index (χ2n) is 10.2. The summed E-state index contributed by atoms with van der Waals surface area (Å²) in [6.45, 7) is 2.57. The van der Waals surface area contributed by atoms with Gasteiger partial charge in [0.2, 0.25) is 0 Å². The summed E-state index contributed by atoms with van der Waals surface area (Å²) in [6.07, 6.45) is -11.1. The first kappa shape index (κ1) is 31.7. The smallest absolute Gasteiger partial charge is 0.416 e. The summed E-state index contributed by atoms with van der Waals surface area (Å²) in [5.74, 6) is -1.50. The Hall–Kier alpha value is -3.84. The van der Waals surface area contributed by atoms with Crippen molar-refractivity contribution in [2.24, 2.45) is 0 Å². The zero-order valence-corrected chi connectivity index (χ0v) is 22.0. The number of carboxylic acid groups (broad SMARTS) is 1. The normalized spacial score (nSPS) is 20.3. The topological polar surface area (TPSA) is 98.7 Å². The van der Waals surface area contributed by atoms with E-state index in [0.29, 0.717) is 29.5 Å². The molecule has 0 radical (unpaired) electrons. The molecule has 0 spiro atoms. The number of nitrogens with one attached hydrogen (secondary N) is 2. The molecule has 14 heteroatoms. The SMILES string of the molecule is Cc1cc(F)ccc1[C@H]1C[C@@](CC=O)(NC(=O)O)CCN1C(=O)NC[C@@H](C)c1cc(C(F)(F)F)cc(C(F)(F)F)c1. The number of carbonyl (C=O) groups is 3. The number of aldehydes is 1. The molecule has 2 aromatic rings. The van der Waals surface area contributed by atoms with E-state index in [4.69, 9.17) is 0 Å². The fourth-order valence-electron chi connectivity index (χ4n) is 5.07. The highest BCUT2D eigenvalue weighted by atomic mass is 19.4. The molecule has 0 unspecified atom stereocenters. The monoisotopic (exact) mass is 591 g/mol. The zero-order valence-electron chi connectivity index (χ0n) is 22.0. The molecule has 3 N–H and O–H groups in total. The second kappa shape index (κ2) is 12.0. The van der Waals surface area contributed by atoms with Crippen molar-refractivity contribution in [3.05, 3.63) is 70.0 Å². The molecule has 41 heavy (non-hydrogen) atoms.